The lowest BCUT2D eigenvalue weighted by Gasteiger charge is -2.37. The Hall–Kier alpha value is -1.56. The zero-order valence-corrected chi connectivity index (χ0v) is 9.60. The van der Waals surface area contributed by atoms with Crippen molar-refractivity contribution in [2.75, 3.05) is 5.32 Å². The number of hydrogen-bond donors (Lipinski definition) is 2. The quantitative estimate of drug-likeness (QED) is 0.817. The molecule has 6 heteroatoms. The first kappa shape index (κ1) is 12.9. The van der Waals surface area contributed by atoms with Gasteiger partial charge in [0.1, 0.15) is 0 Å². The van der Waals surface area contributed by atoms with Crippen molar-refractivity contribution in [2.24, 2.45) is 5.73 Å². The summed E-state index contributed by atoms with van der Waals surface area (Å²) in [6.07, 6.45) is 2.58. The van der Waals surface area contributed by atoms with Crippen LogP contribution in [0, 0.1) is 17.5 Å². The van der Waals surface area contributed by atoms with E-state index in [1.165, 1.54) is 0 Å². The maximum absolute atomic E-state index is 12.9. The molecule has 0 bridgehead atoms. The highest BCUT2D eigenvalue weighted by atomic mass is 19.2. The Balaban J connectivity index is 2.03. The predicted octanol–water partition coefficient (Wildman–Crippen LogP) is 2.31. The molecule has 0 atom stereocenters. The second kappa shape index (κ2) is 4.61. The minimum Gasteiger partial charge on any atom is -0.326 e. The van der Waals surface area contributed by atoms with Crippen molar-refractivity contribution in [3.05, 3.63) is 29.6 Å². The molecule has 1 aromatic rings. The number of rotatable bonds is 3. The van der Waals surface area contributed by atoms with Gasteiger partial charge in [0.15, 0.2) is 17.5 Å². The van der Waals surface area contributed by atoms with Gasteiger partial charge in [-0.15, -0.1) is 0 Å². The van der Waals surface area contributed by atoms with Crippen LogP contribution in [-0.2, 0) is 4.79 Å². The third-order valence-electron chi connectivity index (χ3n) is 3.13. The van der Waals surface area contributed by atoms with Gasteiger partial charge in [-0.05, 0) is 19.3 Å². The normalized spacial score (nSPS) is 17.1. The van der Waals surface area contributed by atoms with Crippen molar-refractivity contribution < 1.29 is 18.0 Å². The first-order chi connectivity index (χ1) is 8.39. The second-order valence-electron chi connectivity index (χ2n) is 4.69. The fraction of sp³-hybridized carbons (Fsp3) is 0.417. The summed E-state index contributed by atoms with van der Waals surface area (Å²) in [6, 6.07) is 1.47. The highest BCUT2D eigenvalue weighted by Crippen LogP contribution is 2.32. The number of benzene rings is 1. The van der Waals surface area contributed by atoms with E-state index in [4.69, 9.17) is 5.73 Å². The van der Waals surface area contributed by atoms with Gasteiger partial charge in [0.25, 0.3) is 0 Å². The SMILES string of the molecule is NC1(CC(=O)Nc2cc(F)c(F)c(F)c2)CCC1. The van der Waals surface area contributed by atoms with Crippen molar-refractivity contribution in [3.63, 3.8) is 0 Å². The van der Waals surface area contributed by atoms with E-state index in [1.807, 2.05) is 0 Å². The Morgan fingerprint density at radius 1 is 1.28 bits per heavy atom. The van der Waals surface area contributed by atoms with Crippen molar-refractivity contribution in [1.29, 1.82) is 0 Å². The Bertz CT molecular complexity index is 463. The molecule has 1 saturated carbocycles. The van der Waals surface area contributed by atoms with Gasteiger partial charge in [-0.2, -0.15) is 0 Å². The number of halogens is 3. The molecule has 0 aliphatic heterocycles. The topological polar surface area (TPSA) is 55.1 Å². The molecule has 0 radical (unpaired) electrons. The third-order valence-corrected chi connectivity index (χ3v) is 3.13. The van der Waals surface area contributed by atoms with Gasteiger partial charge in [0.05, 0.1) is 0 Å². The third kappa shape index (κ3) is 2.64. The van der Waals surface area contributed by atoms with Gasteiger partial charge >= 0.3 is 0 Å². The van der Waals surface area contributed by atoms with Crippen LogP contribution in [0.15, 0.2) is 12.1 Å². The highest BCUT2D eigenvalue weighted by Gasteiger charge is 2.34. The number of nitrogens with one attached hydrogen (secondary N) is 1. The molecule has 1 aromatic carbocycles. The first-order valence-corrected chi connectivity index (χ1v) is 5.63. The molecule has 1 aliphatic rings. The molecule has 3 N–H and O–H groups in total. The maximum atomic E-state index is 12.9. The van der Waals surface area contributed by atoms with Crippen molar-refractivity contribution in [2.45, 2.75) is 31.2 Å². The van der Waals surface area contributed by atoms with E-state index < -0.39 is 28.9 Å². The molecule has 1 amide bonds. The molecule has 2 rings (SSSR count). The van der Waals surface area contributed by atoms with Gasteiger partial charge in [0, 0.05) is 29.8 Å². The summed E-state index contributed by atoms with van der Waals surface area (Å²) in [4.78, 5) is 11.6. The van der Waals surface area contributed by atoms with Crippen LogP contribution in [0.4, 0.5) is 18.9 Å². The van der Waals surface area contributed by atoms with Gasteiger partial charge in [-0.1, -0.05) is 0 Å². The zero-order valence-electron chi connectivity index (χ0n) is 9.60. The van der Waals surface area contributed by atoms with E-state index >= 15 is 0 Å². The predicted molar refractivity (Wildman–Crippen MR) is 60.3 cm³/mol. The van der Waals surface area contributed by atoms with E-state index in [1.54, 1.807) is 0 Å². The van der Waals surface area contributed by atoms with Crippen LogP contribution in [-0.4, -0.2) is 11.4 Å². The summed E-state index contributed by atoms with van der Waals surface area (Å²) in [6.45, 7) is 0. The summed E-state index contributed by atoms with van der Waals surface area (Å²) in [5.74, 6) is -4.65. The van der Waals surface area contributed by atoms with Crippen LogP contribution < -0.4 is 11.1 Å². The number of carbonyl (C=O) groups is 1. The molecular weight excluding hydrogens is 245 g/mol. The van der Waals surface area contributed by atoms with Crippen LogP contribution in [0.1, 0.15) is 25.7 Å². The molecule has 0 heterocycles. The molecule has 0 saturated heterocycles. The van der Waals surface area contributed by atoms with Crippen molar-refractivity contribution in [3.8, 4) is 0 Å². The molecule has 98 valence electrons. The van der Waals surface area contributed by atoms with E-state index in [0.717, 1.165) is 31.4 Å². The number of anilines is 1. The molecule has 3 nitrogen and oxygen atoms in total. The molecular formula is C12H13F3N2O. The molecule has 0 unspecified atom stereocenters. The summed E-state index contributed by atoms with van der Waals surface area (Å²) in [7, 11) is 0. The van der Waals surface area contributed by atoms with Crippen molar-refractivity contribution in [1.82, 2.24) is 0 Å². The minimum atomic E-state index is -1.55. The first-order valence-electron chi connectivity index (χ1n) is 5.63. The Morgan fingerprint density at radius 2 is 1.83 bits per heavy atom. The summed E-state index contributed by atoms with van der Waals surface area (Å²) >= 11 is 0. The summed E-state index contributed by atoms with van der Waals surface area (Å²) in [5.41, 5.74) is 5.25. The largest absolute Gasteiger partial charge is 0.326 e. The lowest BCUT2D eigenvalue weighted by atomic mass is 9.75. The fourth-order valence-electron chi connectivity index (χ4n) is 1.96. The fourth-order valence-corrected chi connectivity index (χ4v) is 1.96. The average molecular weight is 258 g/mol. The number of carbonyl (C=O) groups excluding carboxylic acids is 1. The molecule has 1 fully saturated rings. The van der Waals surface area contributed by atoms with Crippen LogP contribution >= 0.6 is 0 Å². The lowest BCUT2D eigenvalue weighted by Crippen LogP contribution is -2.48. The smallest absolute Gasteiger partial charge is 0.226 e. The van der Waals surface area contributed by atoms with E-state index in [-0.39, 0.29) is 12.1 Å². The summed E-state index contributed by atoms with van der Waals surface area (Å²) in [5, 5.41) is 2.31. The van der Waals surface area contributed by atoms with Gasteiger partial charge in [-0.25, -0.2) is 13.2 Å². The maximum Gasteiger partial charge on any atom is 0.226 e. The highest BCUT2D eigenvalue weighted by molar-refractivity contribution is 5.91. The van der Waals surface area contributed by atoms with Crippen LogP contribution in [0.5, 0.6) is 0 Å². The average Bonchev–Trinajstić information content (AvgIpc) is 2.23. The van der Waals surface area contributed by atoms with Crippen LogP contribution in [0.2, 0.25) is 0 Å². The van der Waals surface area contributed by atoms with Gasteiger partial charge in [-0.3, -0.25) is 4.79 Å². The Morgan fingerprint density at radius 3 is 2.28 bits per heavy atom. The van der Waals surface area contributed by atoms with Crippen LogP contribution in [0.25, 0.3) is 0 Å². The van der Waals surface area contributed by atoms with E-state index in [0.29, 0.717) is 0 Å². The summed E-state index contributed by atoms with van der Waals surface area (Å²) < 4.78 is 38.5. The number of hydrogen-bond acceptors (Lipinski definition) is 2. The standard InChI is InChI=1S/C12H13F3N2O/c13-8-4-7(5-9(14)11(8)15)17-10(18)6-12(16)2-1-3-12/h4-5H,1-3,6,16H2,(H,17,18). The number of amides is 1. The second-order valence-corrected chi connectivity index (χ2v) is 4.69. The van der Waals surface area contributed by atoms with Crippen LogP contribution in [0.3, 0.4) is 0 Å². The van der Waals surface area contributed by atoms with Gasteiger partial charge < -0.3 is 11.1 Å². The van der Waals surface area contributed by atoms with Crippen molar-refractivity contribution >= 4 is 11.6 Å². The Kier molecular flexibility index (Phi) is 3.30. The number of nitrogens with two attached hydrogens (primary N) is 1. The Labute approximate surface area is 102 Å². The lowest BCUT2D eigenvalue weighted by molar-refractivity contribution is -0.118. The molecule has 0 aromatic heterocycles. The van der Waals surface area contributed by atoms with E-state index in [9.17, 15) is 18.0 Å². The molecule has 1 aliphatic carbocycles. The van der Waals surface area contributed by atoms with E-state index in [2.05, 4.69) is 5.32 Å². The van der Waals surface area contributed by atoms with Gasteiger partial charge in [0.2, 0.25) is 5.91 Å². The monoisotopic (exact) mass is 258 g/mol. The molecule has 18 heavy (non-hydrogen) atoms. The molecule has 0 spiro atoms. The minimum absolute atomic E-state index is 0.0909. The zero-order chi connectivity index (χ0) is 13.3.